The number of hydrogen-bond donors (Lipinski definition) is 0. The first-order chi connectivity index (χ1) is 19.0. The van der Waals surface area contributed by atoms with Crippen LogP contribution in [0.25, 0.3) is 22.5 Å². The molecule has 41 heavy (non-hydrogen) atoms. The van der Waals surface area contributed by atoms with Crippen molar-refractivity contribution in [3.05, 3.63) is 107 Å². The molecule has 0 N–H and O–H groups in total. The fourth-order valence-corrected chi connectivity index (χ4v) is 7.20. The SMILES string of the molecule is CC1(C)CCC(C)(C)c2cc(-c3[c-]cccc3)ncc21.CC12CCC(C)(CC1)c1cc(-c3ccccn3)[c-]cc12.[Ir]. The average molecular weight is 719 g/mol. The third-order valence-electron chi connectivity index (χ3n) is 10.4. The number of benzene rings is 2. The van der Waals surface area contributed by atoms with Crippen molar-refractivity contribution in [1.29, 1.82) is 0 Å². The summed E-state index contributed by atoms with van der Waals surface area (Å²) in [6, 6.07) is 27.8. The van der Waals surface area contributed by atoms with Crippen LogP contribution in [0.2, 0.25) is 0 Å². The zero-order valence-electron chi connectivity index (χ0n) is 25.4. The Morgan fingerprint density at radius 2 is 1.24 bits per heavy atom. The number of nitrogens with zero attached hydrogens (tertiary/aromatic N) is 2. The first-order valence-electron chi connectivity index (χ1n) is 15.0. The van der Waals surface area contributed by atoms with Crippen LogP contribution in [0.3, 0.4) is 0 Å². The molecule has 2 nitrogen and oxygen atoms in total. The van der Waals surface area contributed by atoms with Gasteiger partial charge in [-0.05, 0) is 75.9 Å². The van der Waals surface area contributed by atoms with Crippen molar-refractivity contribution in [2.75, 3.05) is 0 Å². The third kappa shape index (κ3) is 5.49. The topological polar surface area (TPSA) is 25.8 Å². The molecule has 4 aliphatic rings. The van der Waals surface area contributed by atoms with Gasteiger partial charge < -0.3 is 9.97 Å². The molecule has 0 atom stereocenters. The van der Waals surface area contributed by atoms with Crippen LogP contribution in [-0.4, -0.2) is 9.97 Å². The quantitative estimate of drug-likeness (QED) is 0.193. The summed E-state index contributed by atoms with van der Waals surface area (Å²) < 4.78 is 0. The van der Waals surface area contributed by atoms with Gasteiger partial charge in [0, 0.05) is 32.5 Å². The Bertz CT molecular complexity index is 1440. The molecule has 0 spiro atoms. The van der Waals surface area contributed by atoms with Gasteiger partial charge >= 0.3 is 0 Å². The Hall–Kier alpha value is -2.61. The predicted octanol–water partition coefficient (Wildman–Crippen LogP) is 9.55. The average Bonchev–Trinajstić information content (AvgIpc) is 2.98. The third-order valence-corrected chi connectivity index (χ3v) is 10.4. The van der Waals surface area contributed by atoms with Crippen LogP contribution in [0.1, 0.15) is 102 Å². The van der Waals surface area contributed by atoms with Gasteiger partial charge in [-0.25, -0.2) is 0 Å². The van der Waals surface area contributed by atoms with E-state index < -0.39 is 0 Å². The van der Waals surface area contributed by atoms with E-state index in [9.17, 15) is 0 Å². The molecule has 1 fully saturated rings. The van der Waals surface area contributed by atoms with Gasteiger partial charge in [-0.15, -0.1) is 70.8 Å². The fraction of sp³-hybridized carbons (Fsp3) is 0.421. The number of aromatic nitrogens is 2. The van der Waals surface area contributed by atoms with Gasteiger partial charge in [0.25, 0.3) is 0 Å². The van der Waals surface area contributed by atoms with Crippen molar-refractivity contribution in [2.45, 2.75) is 102 Å². The van der Waals surface area contributed by atoms with E-state index in [0.717, 1.165) is 22.5 Å². The summed E-state index contributed by atoms with van der Waals surface area (Å²) in [5.41, 5.74) is 11.5. The molecule has 0 saturated heterocycles. The molecule has 4 aromatic rings. The first-order valence-corrected chi connectivity index (χ1v) is 15.0. The van der Waals surface area contributed by atoms with Crippen LogP contribution < -0.4 is 0 Å². The summed E-state index contributed by atoms with van der Waals surface area (Å²) in [5, 5.41) is 0. The monoisotopic (exact) mass is 719 g/mol. The van der Waals surface area contributed by atoms with Gasteiger partial charge in [-0.2, -0.15) is 0 Å². The molecule has 2 aromatic carbocycles. The standard InChI is InChI=1S/C19H20N.C19H22N.Ir/c1-18-8-10-19(2,11-9-18)16-13-14(6-7-15(16)18)17-5-3-4-12-20-17;1-18(2)10-11-19(3,4)16-13-20-17(12-15(16)18)14-8-6-5-7-9-14;/h3-5,7,12-13H,8-11H2,1-2H3;5-8,12-13H,10-11H2,1-4H3;/q2*-1;. The molecule has 2 bridgehead atoms. The van der Waals surface area contributed by atoms with Crippen LogP contribution in [0.5, 0.6) is 0 Å². The molecule has 8 rings (SSSR count). The van der Waals surface area contributed by atoms with E-state index in [-0.39, 0.29) is 30.9 Å². The maximum atomic E-state index is 4.69. The number of hydrogen-bond acceptors (Lipinski definition) is 2. The van der Waals surface area contributed by atoms with E-state index >= 15 is 0 Å². The van der Waals surface area contributed by atoms with Crippen LogP contribution in [0.15, 0.2) is 73.1 Å². The molecule has 0 aliphatic heterocycles. The smallest absolute Gasteiger partial charge is 0.0201 e. The second-order valence-electron chi connectivity index (χ2n) is 14.2. The normalized spacial score (nSPS) is 24.6. The van der Waals surface area contributed by atoms with Crippen LogP contribution in [0.4, 0.5) is 0 Å². The summed E-state index contributed by atoms with van der Waals surface area (Å²) in [6.45, 7) is 14.2. The summed E-state index contributed by atoms with van der Waals surface area (Å²) in [6.07, 6.45) is 11.7. The Balaban J connectivity index is 0.000000161. The van der Waals surface area contributed by atoms with Gasteiger partial charge in [0.2, 0.25) is 0 Å². The van der Waals surface area contributed by atoms with Crippen molar-refractivity contribution in [3.8, 4) is 22.5 Å². The van der Waals surface area contributed by atoms with Crippen LogP contribution >= 0.6 is 0 Å². The molecule has 1 saturated carbocycles. The van der Waals surface area contributed by atoms with E-state index in [1.807, 2.05) is 36.5 Å². The number of pyridine rings is 2. The fourth-order valence-electron chi connectivity index (χ4n) is 7.20. The van der Waals surface area contributed by atoms with E-state index in [0.29, 0.717) is 10.8 Å². The Labute approximate surface area is 260 Å². The Morgan fingerprint density at radius 1 is 0.585 bits per heavy atom. The van der Waals surface area contributed by atoms with E-state index in [4.69, 9.17) is 4.98 Å². The largest absolute Gasteiger partial charge is 0.305 e. The summed E-state index contributed by atoms with van der Waals surface area (Å²) in [7, 11) is 0. The van der Waals surface area contributed by atoms with Crippen molar-refractivity contribution < 1.29 is 20.1 Å². The minimum absolute atomic E-state index is 0. The van der Waals surface area contributed by atoms with Crippen molar-refractivity contribution >= 4 is 0 Å². The van der Waals surface area contributed by atoms with Gasteiger partial charge in [-0.3, -0.25) is 0 Å². The van der Waals surface area contributed by atoms with Gasteiger partial charge in [0.15, 0.2) is 0 Å². The summed E-state index contributed by atoms with van der Waals surface area (Å²) >= 11 is 0. The second-order valence-corrected chi connectivity index (χ2v) is 14.2. The minimum atomic E-state index is 0. The minimum Gasteiger partial charge on any atom is -0.305 e. The van der Waals surface area contributed by atoms with Gasteiger partial charge in [0.05, 0.1) is 0 Å². The molecule has 2 aromatic heterocycles. The van der Waals surface area contributed by atoms with Crippen molar-refractivity contribution in [3.63, 3.8) is 0 Å². The molecule has 4 aliphatic carbocycles. The van der Waals surface area contributed by atoms with Gasteiger partial charge in [-0.1, -0.05) is 72.6 Å². The number of rotatable bonds is 2. The molecule has 0 amide bonds. The maximum Gasteiger partial charge on any atom is 0.0201 e. The zero-order valence-corrected chi connectivity index (χ0v) is 27.8. The van der Waals surface area contributed by atoms with E-state index in [2.05, 4.69) is 95.2 Å². The zero-order chi connectivity index (χ0) is 28.2. The Morgan fingerprint density at radius 3 is 1.88 bits per heavy atom. The number of fused-ring (bicyclic) bond motifs is 3. The Kier molecular flexibility index (Phi) is 7.94. The van der Waals surface area contributed by atoms with Gasteiger partial charge in [0.1, 0.15) is 0 Å². The molecule has 2 heterocycles. The van der Waals surface area contributed by atoms with E-state index in [1.54, 1.807) is 5.56 Å². The molecular formula is C38H42IrN2-2. The second kappa shape index (κ2) is 10.9. The van der Waals surface area contributed by atoms with Crippen molar-refractivity contribution in [2.24, 2.45) is 0 Å². The van der Waals surface area contributed by atoms with Crippen LogP contribution in [-0.2, 0) is 41.8 Å². The summed E-state index contributed by atoms with van der Waals surface area (Å²) in [4.78, 5) is 9.16. The molecular weight excluding hydrogens is 677 g/mol. The molecule has 215 valence electrons. The summed E-state index contributed by atoms with van der Waals surface area (Å²) in [5.74, 6) is 0. The first kappa shape index (κ1) is 29.9. The van der Waals surface area contributed by atoms with Crippen molar-refractivity contribution in [1.82, 2.24) is 9.97 Å². The molecule has 3 heteroatoms. The van der Waals surface area contributed by atoms with Crippen LogP contribution in [0, 0.1) is 12.1 Å². The molecule has 0 unspecified atom stereocenters. The van der Waals surface area contributed by atoms with E-state index in [1.165, 1.54) is 55.2 Å². The maximum absolute atomic E-state index is 4.69. The molecule has 1 radical (unpaired) electrons. The predicted molar refractivity (Wildman–Crippen MR) is 165 cm³/mol.